The number of hydrogen-bond donors (Lipinski definition) is 0. The van der Waals surface area contributed by atoms with Gasteiger partial charge < -0.3 is 9.30 Å². The highest BCUT2D eigenvalue weighted by atomic mass is 16.5. The van der Waals surface area contributed by atoms with Crippen molar-refractivity contribution >= 4 is 21.8 Å². The Balaban J connectivity index is 1.51. The van der Waals surface area contributed by atoms with Gasteiger partial charge in [-0.1, -0.05) is 115 Å². The molecule has 0 fully saturated rings. The van der Waals surface area contributed by atoms with Crippen molar-refractivity contribution in [3.8, 4) is 28.3 Å². The van der Waals surface area contributed by atoms with Crippen LogP contribution in [0.3, 0.4) is 0 Å². The maximum atomic E-state index is 6.98. The summed E-state index contributed by atoms with van der Waals surface area (Å²) in [7, 11) is 0. The largest absolute Gasteiger partial charge is 0.454 e. The summed E-state index contributed by atoms with van der Waals surface area (Å²) in [6, 6.07) is 50.3. The molecule has 7 aromatic rings. The van der Waals surface area contributed by atoms with Gasteiger partial charge >= 0.3 is 0 Å². The molecule has 0 unspecified atom stereocenters. The summed E-state index contributed by atoms with van der Waals surface area (Å²) >= 11 is 0. The highest BCUT2D eigenvalue weighted by molar-refractivity contribution is 6.12. The van der Waals surface area contributed by atoms with Crippen LogP contribution in [0.2, 0.25) is 0 Å². The monoisotopic (exact) mass is 497 g/mol. The van der Waals surface area contributed by atoms with Gasteiger partial charge in [0.15, 0.2) is 5.75 Å². The van der Waals surface area contributed by atoms with Gasteiger partial charge in [0.2, 0.25) is 0 Å². The van der Waals surface area contributed by atoms with Crippen LogP contribution in [0.1, 0.15) is 22.3 Å². The molecular formula is C37H23NO. The summed E-state index contributed by atoms with van der Waals surface area (Å²) in [5.41, 5.74) is 10.5. The summed E-state index contributed by atoms with van der Waals surface area (Å²) in [6.45, 7) is 0. The zero-order valence-corrected chi connectivity index (χ0v) is 21.1. The first-order chi connectivity index (χ1) is 19.4. The Morgan fingerprint density at radius 1 is 0.462 bits per heavy atom. The molecule has 0 N–H and O–H groups in total. The van der Waals surface area contributed by atoms with E-state index in [2.05, 4.69) is 144 Å². The molecule has 1 aliphatic heterocycles. The minimum absolute atomic E-state index is 0.469. The summed E-state index contributed by atoms with van der Waals surface area (Å²) in [5, 5.41) is 2.42. The third-order valence-electron chi connectivity index (χ3n) is 8.66. The van der Waals surface area contributed by atoms with Crippen LogP contribution in [-0.4, -0.2) is 4.57 Å². The second kappa shape index (κ2) is 7.49. The maximum Gasteiger partial charge on any atom is 0.156 e. The van der Waals surface area contributed by atoms with Crippen molar-refractivity contribution in [3.63, 3.8) is 0 Å². The Kier molecular flexibility index (Phi) is 4.02. The SMILES string of the molecule is c1ccc(-n2c3ccccc3c3ccc4c(c32)Oc2ccccc2C42c3ccccc3-c3ccccc32)cc1. The van der Waals surface area contributed by atoms with Crippen molar-refractivity contribution in [2.75, 3.05) is 0 Å². The first-order valence-electron chi connectivity index (χ1n) is 13.5. The van der Waals surface area contributed by atoms with Crippen LogP contribution in [0.25, 0.3) is 38.6 Å². The van der Waals surface area contributed by atoms with Gasteiger partial charge in [-0.25, -0.2) is 0 Å². The molecule has 1 spiro atoms. The quantitative estimate of drug-likeness (QED) is 0.220. The van der Waals surface area contributed by atoms with Crippen LogP contribution in [0.5, 0.6) is 11.5 Å². The molecule has 0 saturated heterocycles. The number of para-hydroxylation sites is 3. The third kappa shape index (κ3) is 2.51. The van der Waals surface area contributed by atoms with Crippen molar-refractivity contribution < 1.29 is 4.74 Å². The predicted octanol–water partition coefficient (Wildman–Crippen LogP) is 9.25. The van der Waals surface area contributed by atoms with Gasteiger partial charge in [0, 0.05) is 27.6 Å². The van der Waals surface area contributed by atoms with E-state index in [0.29, 0.717) is 0 Å². The number of fused-ring (bicyclic) bond motifs is 13. The Hall–Kier alpha value is -5.08. The first kappa shape index (κ1) is 20.9. The summed E-state index contributed by atoms with van der Waals surface area (Å²) < 4.78 is 9.35. The molecule has 2 heterocycles. The van der Waals surface area contributed by atoms with E-state index in [0.717, 1.165) is 22.7 Å². The number of rotatable bonds is 1. The molecule has 2 nitrogen and oxygen atoms in total. The normalized spacial score (nSPS) is 14.1. The van der Waals surface area contributed by atoms with Crippen LogP contribution in [-0.2, 0) is 5.41 Å². The second-order valence-corrected chi connectivity index (χ2v) is 10.5. The first-order valence-corrected chi connectivity index (χ1v) is 13.5. The van der Waals surface area contributed by atoms with E-state index in [1.165, 1.54) is 49.7 Å². The lowest BCUT2D eigenvalue weighted by molar-refractivity contribution is 0.440. The molecule has 1 aliphatic carbocycles. The van der Waals surface area contributed by atoms with Gasteiger partial charge in [0.1, 0.15) is 5.75 Å². The molecule has 0 amide bonds. The molecule has 0 bridgehead atoms. The van der Waals surface area contributed by atoms with E-state index in [9.17, 15) is 0 Å². The van der Waals surface area contributed by atoms with Gasteiger partial charge in [-0.05, 0) is 46.5 Å². The van der Waals surface area contributed by atoms with E-state index in [1.54, 1.807) is 0 Å². The zero-order chi connectivity index (χ0) is 25.6. The predicted molar refractivity (Wildman–Crippen MR) is 158 cm³/mol. The van der Waals surface area contributed by atoms with Crippen molar-refractivity contribution in [2.24, 2.45) is 0 Å². The Morgan fingerprint density at radius 3 is 1.85 bits per heavy atom. The van der Waals surface area contributed by atoms with E-state index >= 15 is 0 Å². The average Bonchev–Trinajstić information content (AvgIpc) is 3.50. The smallest absolute Gasteiger partial charge is 0.156 e. The van der Waals surface area contributed by atoms with E-state index in [4.69, 9.17) is 4.74 Å². The van der Waals surface area contributed by atoms with Crippen LogP contribution in [0.4, 0.5) is 0 Å². The number of hydrogen-bond acceptors (Lipinski definition) is 1. The number of benzene rings is 6. The van der Waals surface area contributed by atoms with E-state index < -0.39 is 5.41 Å². The topological polar surface area (TPSA) is 14.2 Å². The standard InChI is InChI=1S/C37H23NO/c1-2-12-24(13-3-1)38-33-20-10-6-16-27(33)28-22-23-32-36(35(28)38)39-34-21-11-9-19-31(34)37(32)29-17-7-4-14-25(29)26-15-5-8-18-30(26)37/h1-23H. The van der Waals surface area contributed by atoms with Gasteiger partial charge in [-0.3, -0.25) is 0 Å². The van der Waals surface area contributed by atoms with E-state index in [-0.39, 0.29) is 0 Å². The fourth-order valence-corrected chi connectivity index (χ4v) is 7.21. The van der Waals surface area contributed by atoms with E-state index in [1.807, 2.05) is 0 Å². The molecule has 9 rings (SSSR count). The molecule has 0 saturated carbocycles. The number of nitrogens with zero attached hydrogens (tertiary/aromatic N) is 1. The third-order valence-corrected chi connectivity index (χ3v) is 8.66. The van der Waals surface area contributed by atoms with Gasteiger partial charge in [0.05, 0.1) is 16.4 Å². The lowest BCUT2D eigenvalue weighted by atomic mass is 9.66. The molecule has 0 atom stereocenters. The van der Waals surface area contributed by atoms with Crippen molar-refractivity contribution in [1.82, 2.24) is 4.57 Å². The fourth-order valence-electron chi connectivity index (χ4n) is 7.21. The van der Waals surface area contributed by atoms with Crippen molar-refractivity contribution in [3.05, 3.63) is 162 Å². The highest BCUT2D eigenvalue weighted by Crippen LogP contribution is 2.63. The van der Waals surface area contributed by atoms with Crippen LogP contribution in [0, 0.1) is 0 Å². The average molecular weight is 498 g/mol. The molecule has 6 aromatic carbocycles. The second-order valence-electron chi connectivity index (χ2n) is 10.5. The summed E-state index contributed by atoms with van der Waals surface area (Å²) in [5.74, 6) is 1.84. The Bertz CT molecular complexity index is 2050. The van der Waals surface area contributed by atoms with Gasteiger partial charge in [-0.2, -0.15) is 0 Å². The summed E-state index contributed by atoms with van der Waals surface area (Å²) in [4.78, 5) is 0. The lowest BCUT2D eigenvalue weighted by Crippen LogP contribution is -2.32. The molecule has 39 heavy (non-hydrogen) atoms. The zero-order valence-electron chi connectivity index (χ0n) is 21.1. The lowest BCUT2D eigenvalue weighted by Gasteiger charge is -2.39. The Labute approximate surface area is 226 Å². The number of ether oxygens (including phenoxy) is 1. The number of aromatic nitrogens is 1. The molecule has 0 radical (unpaired) electrons. The van der Waals surface area contributed by atoms with Crippen LogP contribution >= 0.6 is 0 Å². The summed E-state index contributed by atoms with van der Waals surface area (Å²) in [6.07, 6.45) is 0. The van der Waals surface area contributed by atoms with Gasteiger partial charge in [0.25, 0.3) is 0 Å². The van der Waals surface area contributed by atoms with Gasteiger partial charge in [-0.15, -0.1) is 0 Å². The van der Waals surface area contributed by atoms with Crippen LogP contribution < -0.4 is 4.74 Å². The van der Waals surface area contributed by atoms with Crippen molar-refractivity contribution in [1.29, 1.82) is 0 Å². The fraction of sp³-hybridized carbons (Fsp3) is 0.0270. The molecule has 2 heteroatoms. The molecular weight excluding hydrogens is 474 g/mol. The maximum absolute atomic E-state index is 6.98. The minimum atomic E-state index is -0.469. The molecule has 2 aliphatic rings. The van der Waals surface area contributed by atoms with Crippen LogP contribution in [0.15, 0.2) is 140 Å². The molecule has 182 valence electrons. The highest BCUT2D eigenvalue weighted by Gasteiger charge is 2.51. The Morgan fingerprint density at radius 2 is 1.08 bits per heavy atom. The molecule has 1 aromatic heterocycles. The minimum Gasteiger partial charge on any atom is -0.454 e. The van der Waals surface area contributed by atoms with Crippen molar-refractivity contribution in [2.45, 2.75) is 5.41 Å².